The first kappa shape index (κ1) is 13.2. The molecule has 3 nitrogen and oxygen atoms in total. The molecular formula is C16H26N2O. The summed E-state index contributed by atoms with van der Waals surface area (Å²) in [6.07, 6.45) is 12.1. The standard InChI is InChI=1S/C16H26N2O/c19-15(14-12-16(14)7-10-17-11-8-16)18-9-6-13-4-2-1-3-5-13/h4,14,17H,1-3,5-12H2,(H,18,19)/t14-/m0/s1. The Bertz CT molecular complexity index is 369. The van der Waals surface area contributed by atoms with Crippen LogP contribution < -0.4 is 10.6 Å². The number of hydrogen-bond acceptors (Lipinski definition) is 2. The fourth-order valence-corrected chi connectivity index (χ4v) is 3.80. The Hall–Kier alpha value is -0.830. The van der Waals surface area contributed by atoms with Gasteiger partial charge in [0.2, 0.25) is 5.91 Å². The Balaban J connectivity index is 1.39. The van der Waals surface area contributed by atoms with Gasteiger partial charge in [-0.3, -0.25) is 4.79 Å². The molecule has 2 fully saturated rings. The lowest BCUT2D eigenvalue weighted by molar-refractivity contribution is -0.123. The molecule has 0 aromatic heterocycles. The SMILES string of the molecule is O=C(NCCC1=CCCCC1)[C@@H]1CC12CCNCC2. The Kier molecular flexibility index (Phi) is 3.92. The molecule has 2 aliphatic carbocycles. The van der Waals surface area contributed by atoms with E-state index in [4.69, 9.17) is 0 Å². The van der Waals surface area contributed by atoms with Crippen LogP contribution in [0.15, 0.2) is 11.6 Å². The summed E-state index contributed by atoms with van der Waals surface area (Å²) in [5.74, 6) is 0.633. The maximum Gasteiger partial charge on any atom is 0.223 e. The first-order chi connectivity index (χ1) is 9.30. The van der Waals surface area contributed by atoms with E-state index >= 15 is 0 Å². The van der Waals surface area contributed by atoms with Gasteiger partial charge in [-0.1, -0.05) is 11.6 Å². The molecule has 1 saturated carbocycles. The molecule has 1 aliphatic heterocycles. The molecule has 1 atom stereocenters. The molecule has 19 heavy (non-hydrogen) atoms. The molecule has 0 aromatic rings. The van der Waals surface area contributed by atoms with E-state index in [1.807, 2.05) is 0 Å². The van der Waals surface area contributed by atoms with Crippen molar-refractivity contribution < 1.29 is 4.79 Å². The summed E-state index contributed by atoms with van der Waals surface area (Å²) in [5.41, 5.74) is 1.93. The lowest BCUT2D eigenvalue weighted by atomic mass is 9.91. The fourth-order valence-electron chi connectivity index (χ4n) is 3.80. The molecule has 0 aromatic carbocycles. The zero-order valence-electron chi connectivity index (χ0n) is 11.8. The van der Waals surface area contributed by atoms with Gasteiger partial charge in [-0.05, 0) is 69.9 Å². The van der Waals surface area contributed by atoms with Crippen molar-refractivity contribution in [3.8, 4) is 0 Å². The molecule has 3 heteroatoms. The first-order valence-corrected chi connectivity index (χ1v) is 7.97. The van der Waals surface area contributed by atoms with Crippen molar-refractivity contribution in [2.24, 2.45) is 11.3 Å². The van der Waals surface area contributed by atoms with Crippen LogP contribution in [0.3, 0.4) is 0 Å². The molecule has 2 N–H and O–H groups in total. The molecule has 1 amide bonds. The second-order valence-electron chi connectivity index (χ2n) is 6.52. The third kappa shape index (κ3) is 3.02. The minimum absolute atomic E-state index is 0.315. The van der Waals surface area contributed by atoms with Gasteiger partial charge in [-0.2, -0.15) is 0 Å². The van der Waals surface area contributed by atoms with Crippen LogP contribution in [0.4, 0.5) is 0 Å². The molecule has 3 aliphatic rings. The zero-order valence-corrected chi connectivity index (χ0v) is 11.8. The van der Waals surface area contributed by atoms with Gasteiger partial charge in [0.15, 0.2) is 0 Å². The molecule has 1 heterocycles. The average Bonchev–Trinajstić information content (AvgIpc) is 3.14. The second kappa shape index (κ2) is 5.66. The van der Waals surface area contributed by atoms with Crippen LogP contribution in [0, 0.1) is 11.3 Å². The third-order valence-electron chi connectivity index (χ3n) is 5.24. The lowest BCUT2D eigenvalue weighted by Crippen LogP contribution is -2.34. The number of nitrogens with one attached hydrogen (secondary N) is 2. The summed E-state index contributed by atoms with van der Waals surface area (Å²) in [6, 6.07) is 0. The number of rotatable bonds is 4. The summed E-state index contributed by atoms with van der Waals surface area (Å²) < 4.78 is 0. The summed E-state index contributed by atoms with van der Waals surface area (Å²) in [6.45, 7) is 3.03. The molecule has 0 bridgehead atoms. The Morgan fingerprint density at radius 3 is 2.95 bits per heavy atom. The van der Waals surface area contributed by atoms with Crippen molar-refractivity contribution in [2.45, 2.75) is 51.4 Å². The van der Waals surface area contributed by atoms with Gasteiger partial charge in [0, 0.05) is 12.5 Å². The third-order valence-corrected chi connectivity index (χ3v) is 5.24. The molecule has 1 spiro atoms. The van der Waals surface area contributed by atoms with Gasteiger partial charge in [-0.15, -0.1) is 0 Å². The predicted molar refractivity (Wildman–Crippen MR) is 76.8 cm³/mol. The van der Waals surface area contributed by atoms with Crippen LogP contribution in [-0.4, -0.2) is 25.5 Å². The Morgan fingerprint density at radius 1 is 1.37 bits per heavy atom. The van der Waals surface area contributed by atoms with E-state index in [1.54, 1.807) is 5.57 Å². The molecule has 0 unspecified atom stereocenters. The fraction of sp³-hybridized carbons (Fsp3) is 0.812. The summed E-state index contributed by atoms with van der Waals surface area (Å²) in [5, 5.41) is 6.55. The van der Waals surface area contributed by atoms with E-state index in [1.165, 1.54) is 38.5 Å². The van der Waals surface area contributed by atoms with E-state index in [-0.39, 0.29) is 0 Å². The highest BCUT2D eigenvalue weighted by Crippen LogP contribution is 2.58. The second-order valence-corrected chi connectivity index (χ2v) is 6.52. The molecule has 0 radical (unpaired) electrons. The first-order valence-electron chi connectivity index (χ1n) is 7.97. The van der Waals surface area contributed by atoms with Crippen LogP contribution in [-0.2, 0) is 4.79 Å². The van der Waals surface area contributed by atoms with Crippen LogP contribution in [0.25, 0.3) is 0 Å². The van der Waals surface area contributed by atoms with Gasteiger partial charge in [-0.25, -0.2) is 0 Å². The minimum atomic E-state index is 0.315. The highest BCUT2D eigenvalue weighted by Gasteiger charge is 2.57. The Morgan fingerprint density at radius 2 is 2.21 bits per heavy atom. The van der Waals surface area contributed by atoms with Crippen molar-refractivity contribution in [2.75, 3.05) is 19.6 Å². The number of allylic oxidation sites excluding steroid dienone is 1. The lowest BCUT2D eigenvalue weighted by Gasteiger charge is -2.23. The van der Waals surface area contributed by atoms with E-state index in [9.17, 15) is 4.79 Å². The monoisotopic (exact) mass is 262 g/mol. The van der Waals surface area contributed by atoms with Crippen molar-refractivity contribution in [1.82, 2.24) is 10.6 Å². The topological polar surface area (TPSA) is 41.1 Å². The van der Waals surface area contributed by atoms with E-state index in [2.05, 4.69) is 16.7 Å². The summed E-state index contributed by atoms with van der Waals surface area (Å²) >= 11 is 0. The van der Waals surface area contributed by atoms with Gasteiger partial charge >= 0.3 is 0 Å². The normalized spacial score (nSPS) is 28.8. The smallest absolute Gasteiger partial charge is 0.223 e. The van der Waals surface area contributed by atoms with E-state index in [0.29, 0.717) is 17.2 Å². The largest absolute Gasteiger partial charge is 0.356 e. The van der Waals surface area contributed by atoms with E-state index < -0.39 is 0 Å². The van der Waals surface area contributed by atoms with Gasteiger partial charge in [0.1, 0.15) is 0 Å². The maximum absolute atomic E-state index is 12.2. The van der Waals surface area contributed by atoms with Crippen LogP contribution in [0.2, 0.25) is 0 Å². The molecular weight excluding hydrogens is 236 g/mol. The summed E-state index contributed by atoms with van der Waals surface area (Å²) in [7, 11) is 0. The number of carbonyl (C=O) groups excluding carboxylic acids is 1. The Labute approximate surface area is 116 Å². The van der Waals surface area contributed by atoms with Crippen molar-refractivity contribution in [1.29, 1.82) is 0 Å². The van der Waals surface area contributed by atoms with Gasteiger partial charge in [0.25, 0.3) is 0 Å². The maximum atomic E-state index is 12.2. The molecule has 106 valence electrons. The minimum Gasteiger partial charge on any atom is -0.356 e. The highest BCUT2D eigenvalue weighted by atomic mass is 16.2. The van der Waals surface area contributed by atoms with Crippen molar-refractivity contribution >= 4 is 5.91 Å². The van der Waals surface area contributed by atoms with Crippen LogP contribution in [0.5, 0.6) is 0 Å². The van der Waals surface area contributed by atoms with Crippen molar-refractivity contribution in [3.05, 3.63) is 11.6 Å². The average molecular weight is 262 g/mol. The highest BCUT2D eigenvalue weighted by molar-refractivity contribution is 5.82. The van der Waals surface area contributed by atoms with Crippen molar-refractivity contribution in [3.63, 3.8) is 0 Å². The predicted octanol–water partition coefficient (Wildman–Crippen LogP) is 2.38. The van der Waals surface area contributed by atoms with Gasteiger partial charge in [0.05, 0.1) is 0 Å². The molecule has 3 rings (SSSR count). The number of amides is 1. The summed E-state index contributed by atoms with van der Waals surface area (Å²) in [4.78, 5) is 12.2. The molecule has 1 saturated heterocycles. The van der Waals surface area contributed by atoms with Gasteiger partial charge < -0.3 is 10.6 Å². The van der Waals surface area contributed by atoms with E-state index in [0.717, 1.165) is 32.5 Å². The zero-order chi connectivity index (χ0) is 13.1. The number of piperidine rings is 1. The van der Waals surface area contributed by atoms with Crippen LogP contribution >= 0.6 is 0 Å². The number of carbonyl (C=O) groups is 1. The van der Waals surface area contributed by atoms with Crippen LogP contribution in [0.1, 0.15) is 51.4 Å². The quantitative estimate of drug-likeness (QED) is 0.764. The number of hydrogen-bond donors (Lipinski definition) is 2.